The van der Waals surface area contributed by atoms with Crippen molar-refractivity contribution >= 4 is 5.91 Å². The first-order valence-corrected chi connectivity index (χ1v) is 7.05. The van der Waals surface area contributed by atoms with Gasteiger partial charge in [-0.1, -0.05) is 0 Å². The van der Waals surface area contributed by atoms with Crippen molar-refractivity contribution in [2.24, 2.45) is 11.8 Å². The predicted molar refractivity (Wildman–Crippen MR) is 69.8 cm³/mol. The zero-order valence-electron chi connectivity index (χ0n) is 11.3. The van der Waals surface area contributed by atoms with Crippen LogP contribution in [0.4, 0.5) is 0 Å². The maximum atomic E-state index is 11.8. The van der Waals surface area contributed by atoms with Crippen molar-refractivity contribution in [1.82, 2.24) is 9.80 Å². The van der Waals surface area contributed by atoms with E-state index in [0.717, 1.165) is 31.8 Å². The average molecular weight is 249 g/mol. The molecule has 0 N–H and O–H groups in total. The molecular formula is C14H23N3O. The second-order valence-corrected chi connectivity index (χ2v) is 5.76. The summed E-state index contributed by atoms with van der Waals surface area (Å²) < 4.78 is 0. The van der Waals surface area contributed by atoms with Crippen LogP contribution in [0, 0.1) is 23.2 Å². The van der Waals surface area contributed by atoms with Gasteiger partial charge in [-0.05, 0) is 45.2 Å². The number of rotatable bonds is 3. The molecule has 0 spiro atoms. The molecule has 0 aromatic carbocycles. The van der Waals surface area contributed by atoms with Crippen LogP contribution in [0.5, 0.6) is 0 Å². The first-order chi connectivity index (χ1) is 8.69. The van der Waals surface area contributed by atoms with Gasteiger partial charge in [0.2, 0.25) is 5.91 Å². The quantitative estimate of drug-likeness (QED) is 0.761. The molecule has 0 aromatic heterocycles. The minimum atomic E-state index is 0.0525. The Hall–Kier alpha value is -1.08. The minimum Gasteiger partial charge on any atom is -0.341 e. The van der Waals surface area contributed by atoms with Gasteiger partial charge in [0, 0.05) is 26.1 Å². The standard InChI is InChI=1S/C14H23N3O/c1-16-7-2-3-12(10-16)6-8-17-11-13(9-15)4-5-14(17)18/h12-13H,2-8,10-11H2,1H3. The Kier molecular flexibility index (Phi) is 4.60. The third-order valence-corrected chi connectivity index (χ3v) is 4.21. The lowest BCUT2D eigenvalue weighted by Crippen LogP contribution is -2.41. The van der Waals surface area contributed by atoms with Gasteiger partial charge in [-0.2, -0.15) is 5.26 Å². The fourth-order valence-corrected chi connectivity index (χ4v) is 3.08. The highest BCUT2D eigenvalue weighted by Crippen LogP contribution is 2.21. The molecule has 2 atom stereocenters. The van der Waals surface area contributed by atoms with E-state index in [4.69, 9.17) is 5.26 Å². The number of amides is 1. The zero-order valence-corrected chi connectivity index (χ0v) is 11.3. The third kappa shape index (κ3) is 3.46. The Balaban J connectivity index is 1.78. The van der Waals surface area contributed by atoms with Crippen molar-refractivity contribution in [3.05, 3.63) is 0 Å². The molecular weight excluding hydrogens is 226 g/mol. The predicted octanol–water partition coefficient (Wildman–Crippen LogP) is 1.48. The molecule has 2 aliphatic heterocycles. The number of nitrogens with zero attached hydrogens (tertiary/aromatic N) is 3. The van der Waals surface area contributed by atoms with Gasteiger partial charge in [-0.15, -0.1) is 0 Å². The van der Waals surface area contributed by atoms with Crippen molar-refractivity contribution in [3.8, 4) is 6.07 Å². The van der Waals surface area contributed by atoms with Gasteiger partial charge < -0.3 is 9.80 Å². The molecule has 0 aliphatic carbocycles. The van der Waals surface area contributed by atoms with Crippen LogP contribution in [0.3, 0.4) is 0 Å². The van der Waals surface area contributed by atoms with Crippen LogP contribution in [-0.2, 0) is 4.79 Å². The summed E-state index contributed by atoms with van der Waals surface area (Å²) in [5, 5.41) is 8.95. The van der Waals surface area contributed by atoms with E-state index >= 15 is 0 Å². The smallest absolute Gasteiger partial charge is 0.222 e. The van der Waals surface area contributed by atoms with Crippen LogP contribution in [0.2, 0.25) is 0 Å². The van der Waals surface area contributed by atoms with Crippen molar-refractivity contribution < 1.29 is 4.79 Å². The van der Waals surface area contributed by atoms with Gasteiger partial charge in [-0.25, -0.2) is 0 Å². The van der Waals surface area contributed by atoms with E-state index in [1.807, 2.05) is 4.90 Å². The van der Waals surface area contributed by atoms with Crippen LogP contribution in [0.1, 0.15) is 32.1 Å². The van der Waals surface area contributed by atoms with Crippen molar-refractivity contribution in [3.63, 3.8) is 0 Å². The van der Waals surface area contributed by atoms with Gasteiger partial charge in [0.25, 0.3) is 0 Å². The molecule has 0 bridgehead atoms. The summed E-state index contributed by atoms with van der Waals surface area (Å²) in [7, 11) is 2.17. The monoisotopic (exact) mass is 249 g/mol. The number of likely N-dealkylation sites (tertiary alicyclic amines) is 2. The van der Waals surface area contributed by atoms with E-state index in [9.17, 15) is 4.79 Å². The van der Waals surface area contributed by atoms with Crippen LogP contribution in [-0.4, -0.2) is 48.9 Å². The molecule has 2 saturated heterocycles. The molecule has 0 aromatic rings. The highest BCUT2D eigenvalue weighted by molar-refractivity contribution is 5.77. The normalized spacial score (nSPS) is 30.2. The molecule has 18 heavy (non-hydrogen) atoms. The highest BCUT2D eigenvalue weighted by atomic mass is 16.2. The summed E-state index contributed by atoms with van der Waals surface area (Å²) in [4.78, 5) is 16.1. The zero-order chi connectivity index (χ0) is 13.0. The Bertz CT molecular complexity index is 336. The summed E-state index contributed by atoms with van der Waals surface area (Å²) in [5.74, 6) is 1.02. The molecule has 2 heterocycles. The fourth-order valence-electron chi connectivity index (χ4n) is 3.08. The maximum Gasteiger partial charge on any atom is 0.222 e. The summed E-state index contributed by atoms with van der Waals surface area (Å²) in [6.45, 7) is 3.85. The lowest BCUT2D eigenvalue weighted by molar-refractivity contribution is -0.134. The van der Waals surface area contributed by atoms with E-state index in [0.29, 0.717) is 13.0 Å². The SMILES string of the molecule is CN1CCCC(CCN2CC(C#N)CCC2=O)C1. The molecule has 4 heteroatoms. The second kappa shape index (κ2) is 6.19. The van der Waals surface area contributed by atoms with Crippen LogP contribution >= 0.6 is 0 Å². The summed E-state index contributed by atoms with van der Waals surface area (Å²) in [5.41, 5.74) is 0. The summed E-state index contributed by atoms with van der Waals surface area (Å²) in [6.07, 6.45) is 4.96. The largest absolute Gasteiger partial charge is 0.341 e. The molecule has 0 saturated carbocycles. The minimum absolute atomic E-state index is 0.0525. The number of hydrogen-bond donors (Lipinski definition) is 0. The van der Waals surface area contributed by atoms with E-state index in [-0.39, 0.29) is 11.8 Å². The van der Waals surface area contributed by atoms with E-state index < -0.39 is 0 Å². The first-order valence-electron chi connectivity index (χ1n) is 7.05. The van der Waals surface area contributed by atoms with E-state index in [1.54, 1.807) is 0 Å². The summed E-state index contributed by atoms with van der Waals surface area (Å²) >= 11 is 0. The second-order valence-electron chi connectivity index (χ2n) is 5.76. The van der Waals surface area contributed by atoms with Crippen molar-refractivity contribution in [2.45, 2.75) is 32.1 Å². The number of hydrogen-bond acceptors (Lipinski definition) is 3. The molecule has 2 rings (SSSR count). The molecule has 0 radical (unpaired) electrons. The van der Waals surface area contributed by atoms with Crippen LogP contribution < -0.4 is 0 Å². The summed E-state index contributed by atoms with van der Waals surface area (Å²) in [6, 6.07) is 2.30. The Morgan fingerprint density at radius 1 is 1.39 bits per heavy atom. The van der Waals surface area contributed by atoms with Crippen molar-refractivity contribution in [1.29, 1.82) is 5.26 Å². The molecule has 4 nitrogen and oxygen atoms in total. The average Bonchev–Trinajstić information content (AvgIpc) is 2.38. The number of piperidine rings is 2. The van der Waals surface area contributed by atoms with Gasteiger partial charge in [0.15, 0.2) is 0 Å². The Labute approximate surface area is 110 Å². The van der Waals surface area contributed by atoms with Crippen LogP contribution in [0.15, 0.2) is 0 Å². The lowest BCUT2D eigenvalue weighted by atomic mass is 9.93. The Morgan fingerprint density at radius 2 is 2.22 bits per heavy atom. The lowest BCUT2D eigenvalue weighted by Gasteiger charge is -2.33. The topological polar surface area (TPSA) is 47.3 Å². The highest BCUT2D eigenvalue weighted by Gasteiger charge is 2.26. The van der Waals surface area contributed by atoms with Gasteiger partial charge in [0.1, 0.15) is 0 Å². The molecule has 2 unspecified atom stereocenters. The molecule has 2 aliphatic rings. The van der Waals surface area contributed by atoms with Crippen molar-refractivity contribution in [2.75, 3.05) is 33.2 Å². The van der Waals surface area contributed by atoms with E-state index in [2.05, 4.69) is 18.0 Å². The molecule has 1 amide bonds. The third-order valence-electron chi connectivity index (χ3n) is 4.21. The fraction of sp³-hybridized carbons (Fsp3) is 0.857. The van der Waals surface area contributed by atoms with Gasteiger partial charge in [0.05, 0.1) is 12.0 Å². The number of carbonyl (C=O) groups is 1. The molecule has 100 valence electrons. The van der Waals surface area contributed by atoms with E-state index in [1.165, 1.54) is 19.4 Å². The maximum absolute atomic E-state index is 11.8. The number of nitriles is 1. The van der Waals surface area contributed by atoms with Crippen LogP contribution in [0.25, 0.3) is 0 Å². The van der Waals surface area contributed by atoms with Gasteiger partial charge in [-0.3, -0.25) is 4.79 Å². The van der Waals surface area contributed by atoms with Gasteiger partial charge >= 0.3 is 0 Å². The first kappa shape index (κ1) is 13.4. The molecule has 2 fully saturated rings. The Morgan fingerprint density at radius 3 is 2.94 bits per heavy atom. The number of carbonyl (C=O) groups excluding carboxylic acids is 1.